The fourth-order valence-corrected chi connectivity index (χ4v) is 3.30. The molecule has 114 valence electrons. The number of halogens is 2. The van der Waals surface area contributed by atoms with E-state index in [-0.39, 0.29) is 11.2 Å². The van der Waals surface area contributed by atoms with E-state index >= 15 is 0 Å². The van der Waals surface area contributed by atoms with Crippen molar-refractivity contribution in [3.05, 3.63) is 50.7 Å². The summed E-state index contributed by atoms with van der Waals surface area (Å²) in [6.07, 6.45) is 0.296. The van der Waals surface area contributed by atoms with Gasteiger partial charge in [-0.3, -0.25) is 0 Å². The Hall–Kier alpha value is -0.970. The highest BCUT2D eigenvalue weighted by molar-refractivity contribution is 7.09. The standard InChI is InChI=1S/C16H19ClFNOS/c1-16(2,3)14-9-21-15(19-14)8-12(20)6-10-4-5-11(18)7-13(10)17/h4-5,7,9,12,20H,6,8H2,1-3H3. The maximum atomic E-state index is 13.0. The minimum Gasteiger partial charge on any atom is -0.392 e. The molecule has 0 saturated heterocycles. The van der Waals surface area contributed by atoms with Crippen LogP contribution in [0.25, 0.3) is 0 Å². The van der Waals surface area contributed by atoms with Gasteiger partial charge in [0, 0.05) is 28.7 Å². The summed E-state index contributed by atoms with van der Waals surface area (Å²) < 4.78 is 13.0. The lowest BCUT2D eigenvalue weighted by atomic mass is 9.93. The summed E-state index contributed by atoms with van der Waals surface area (Å²) in [7, 11) is 0. The molecule has 5 heteroatoms. The van der Waals surface area contributed by atoms with Crippen LogP contribution in [0.2, 0.25) is 5.02 Å². The molecule has 0 aliphatic rings. The predicted octanol–water partition coefficient (Wildman–Crippen LogP) is 4.38. The normalized spacial score (nSPS) is 13.4. The summed E-state index contributed by atoms with van der Waals surface area (Å²) in [5.41, 5.74) is 1.80. The first-order chi connectivity index (χ1) is 9.75. The van der Waals surface area contributed by atoms with Crippen molar-refractivity contribution in [1.29, 1.82) is 0 Å². The van der Waals surface area contributed by atoms with Gasteiger partial charge in [-0.1, -0.05) is 38.4 Å². The van der Waals surface area contributed by atoms with Crippen LogP contribution in [0.15, 0.2) is 23.6 Å². The second kappa shape index (κ2) is 6.42. The van der Waals surface area contributed by atoms with E-state index in [9.17, 15) is 9.50 Å². The van der Waals surface area contributed by atoms with Gasteiger partial charge in [-0.15, -0.1) is 11.3 Å². The summed E-state index contributed by atoms with van der Waals surface area (Å²) in [5.74, 6) is -0.368. The van der Waals surface area contributed by atoms with Crippen molar-refractivity contribution >= 4 is 22.9 Å². The molecule has 0 aliphatic carbocycles. The summed E-state index contributed by atoms with van der Waals surface area (Å²) in [4.78, 5) is 4.57. The van der Waals surface area contributed by atoms with Gasteiger partial charge >= 0.3 is 0 Å². The summed E-state index contributed by atoms with van der Waals surface area (Å²) in [6.45, 7) is 6.33. The summed E-state index contributed by atoms with van der Waals surface area (Å²) in [6, 6.07) is 4.24. The molecule has 2 rings (SSSR count). The molecule has 1 aromatic heterocycles. The zero-order valence-electron chi connectivity index (χ0n) is 12.4. The van der Waals surface area contributed by atoms with E-state index < -0.39 is 6.10 Å². The smallest absolute Gasteiger partial charge is 0.124 e. The number of thiazole rings is 1. The van der Waals surface area contributed by atoms with Crippen molar-refractivity contribution < 1.29 is 9.50 Å². The second-order valence-corrected chi connectivity index (χ2v) is 7.52. The lowest BCUT2D eigenvalue weighted by Gasteiger charge is -2.14. The quantitative estimate of drug-likeness (QED) is 0.904. The minimum absolute atomic E-state index is 0.0139. The zero-order valence-corrected chi connectivity index (χ0v) is 13.9. The van der Waals surface area contributed by atoms with Crippen LogP contribution in [0.5, 0.6) is 0 Å². The second-order valence-electron chi connectivity index (χ2n) is 6.17. The van der Waals surface area contributed by atoms with E-state index in [1.54, 1.807) is 17.4 Å². The number of hydrogen-bond donors (Lipinski definition) is 1. The van der Waals surface area contributed by atoms with E-state index in [2.05, 4.69) is 25.8 Å². The van der Waals surface area contributed by atoms with Gasteiger partial charge in [0.25, 0.3) is 0 Å². The number of benzene rings is 1. The SMILES string of the molecule is CC(C)(C)c1csc(CC(O)Cc2ccc(F)cc2Cl)n1. The molecule has 0 aliphatic heterocycles. The first-order valence-electron chi connectivity index (χ1n) is 6.82. The maximum absolute atomic E-state index is 13.0. The van der Waals surface area contributed by atoms with Crippen molar-refractivity contribution in [2.24, 2.45) is 0 Å². The largest absolute Gasteiger partial charge is 0.392 e. The van der Waals surface area contributed by atoms with E-state index in [1.165, 1.54) is 12.1 Å². The Morgan fingerprint density at radius 3 is 2.62 bits per heavy atom. The van der Waals surface area contributed by atoms with E-state index in [0.29, 0.717) is 17.9 Å². The van der Waals surface area contributed by atoms with Crippen molar-refractivity contribution in [3.63, 3.8) is 0 Å². The van der Waals surface area contributed by atoms with Crippen molar-refractivity contribution in [3.8, 4) is 0 Å². The molecule has 1 N–H and O–H groups in total. The molecule has 0 amide bonds. The molecule has 0 spiro atoms. The van der Waals surface area contributed by atoms with Crippen molar-refractivity contribution in [1.82, 2.24) is 4.98 Å². The first kappa shape index (κ1) is 16.4. The van der Waals surface area contributed by atoms with Crippen molar-refractivity contribution in [2.75, 3.05) is 0 Å². The van der Waals surface area contributed by atoms with E-state index in [1.807, 2.05) is 5.38 Å². The van der Waals surface area contributed by atoms with Gasteiger partial charge < -0.3 is 5.11 Å². The average Bonchev–Trinajstić information content (AvgIpc) is 2.81. The molecule has 1 atom stereocenters. The van der Waals surface area contributed by atoms with Gasteiger partial charge in [0.2, 0.25) is 0 Å². The van der Waals surface area contributed by atoms with Crippen LogP contribution in [-0.4, -0.2) is 16.2 Å². The van der Waals surface area contributed by atoms with Crippen LogP contribution in [0, 0.1) is 5.82 Å². The molecular formula is C16H19ClFNOS. The molecule has 0 bridgehead atoms. The molecule has 1 aromatic carbocycles. The number of rotatable bonds is 4. The first-order valence-corrected chi connectivity index (χ1v) is 8.08. The number of aromatic nitrogens is 1. The molecule has 0 saturated carbocycles. The Morgan fingerprint density at radius 1 is 1.33 bits per heavy atom. The third kappa shape index (κ3) is 4.50. The zero-order chi connectivity index (χ0) is 15.6. The van der Waals surface area contributed by atoms with Gasteiger partial charge in [0.1, 0.15) is 5.82 Å². The Bertz CT molecular complexity index is 621. The third-order valence-corrected chi connectivity index (χ3v) is 4.42. The lowest BCUT2D eigenvalue weighted by molar-refractivity contribution is 0.175. The monoisotopic (exact) mass is 327 g/mol. The Morgan fingerprint density at radius 2 is 2.05 bits per heavy atom. The molecule has 0 fully saturated rings. The van der Waals surface area contributed by atoms with Gasteiger partial charge in [-0.2, -0.15) is 0 Å². The van der Waals surface area contributed by atoms with Crippen LogP contribution in [0.4, 0.5) is 4.39 Å². The van der Waals surface area contributed by atoms with Crippen LogP contribution in [-0.2, 0) is 18.3 Å². The Labute approximate surface area is 133 Å². The summed E-state index contributed by atoms with van der Waals surface area (Å²) in [5, 5.41) is 13.5. The van der Waals surface area contributed by atoms with Crippen LogP contribution in [0.3, 0.4) is 0 Å². The topological polar surface area (TPSA) is 33.1 Å². The molecule has 1 unspecified atom stereocenters. The number of nitrogens with zero attached hydrogens (tertiary/aromatic N) is 1. The highest BCUT2D eigenvalue weighted by Crippen LogP contribution is 2.25. The molecular weight excluding hydrogens is 309 g/mol. The third-order valence-electron chi connectivity index (χ3n) is 3.20. The lowest BCUT2D eigenvalue weighted by Crippen LogP contribution is -2.15. The fraction of sp³-hybridized carbons (Fsp3) is 0.438. The Kier molecular flexibility index (Phi) is 5.02. The van der Waals surface area contributed by atoms with Gasteiger partial charge in [-0.25, -0.2) is 9.37 Å². The molecule has 2 aromatic rings. The molecule has 0 radical (unpaired) electrons. The number of aliphatic hydroxyl groups is 1. The van der Waals surface area contributed by atoms with Gasteiger partial charge in [0.15, 0.2) is 0 Å². The fourth-order valence-electron chi connectivity index (χ4n) is 1.96. The average molecular weight is 328 g/mol. The maximum Gasteiger partial charge on any atom is 0.124 e. The van der Waals surface area contributed by atoms with Gasteiger partial charge in [0.05, 0.1) is 16.8 Å². The minimum atomic E-state index is -0.577. The molecule has 2 nitrogen and oxygen atoms in total. The molecule has 21 heavy (non-hydrogen) atoms. The highest BCUT2D eigenvalue weighted by atomic mass is 35.5. The van der Waals surface area contributed by atoms with Crippen LogP contribution < -0.4 is 0 Å². The predicted molar refractivity (Wildman–Crippen MR) is 85.6 cm³/mol. The van der Waals surface area contributed by atoms with Crippen LogP contribution in [0.1, 0.15) is 37.0 Å². The van der Waals surface area contributed by atoms with Crippen LogP contribution >= 0.6 is 22.9 Å². The van der Waals surface area contributed by atoms with Gasteiger partial charge in [-0.05, 0) is 17.7 Å². The molecule has 1 heterocycles. The number of hydrogen-bond acceptors (Lipinski definition) is 3. The summed E-state index contributed by atoms with van der Waals surface area (Å²) >= 11 is 7.53. The van der Waals surface area contributed by atoms with E-state index in [0.717, 1.165) is 16.3 Å². The van der Waals surface area contributed by atoms with E-state index in [4.69, 9.17) is 11.6 Å². The Balaban J connectivity index is 2.01. The van der Waals surface area contributed by atoms with Crippen molar-refractivity contribution in [2.45, 2.75) is 45.1 Å². The number of aliphatic hydroxyl groups excluding tert-OH is 1. The highest BCUT2D eigenvalue weighted by Gasteiger charge is 2.19.